The second-order valence-corrected chi connectivity index (χ2v) is 14.6. The number of carbonyl (C=O) groups is 1. The van der Waals surface area contributed by atoms with E-state index in [4.69, 9.17) is 24.3 Å². The van der Waals surface area contributed by atoms with E-state index in [-0.39, 0.29) is 32.3 Å². The molecule has 0 saturated heterocycles. The molecule has 0 aromatic rings. The summed E-state index contributed by atoms with van der Waals surface area (Å²) in [5.74, 6) is -0.347. The largest absolute Gasteiger partial charge is 0.472 e. The van der Waals surface area contributed by atoms with Crippen molar-refractivity contribution in [1.29, 1.82) is 0 Å². The quantitative estimate of drug-likeness (QED) is 0.0277. The maximum atomic E-state index is 12.5. The molecule has 0 aliphatic rings. The smallest absolute Gasteiger partial charge is 0.457 e. The molecule has 9 heteroatoms. The van der Waals surface area contributed by atoms with Crippen molar-refractivity contribution in [3.8, 4) is 0 Å². The van der Waals surface area contributed by atoms with E-state index in [1.54, 1.807) is 0 Å². The Balaban J connectivity index is 4.12. The van der Waals surface area contributed by atoms with Gasteiger partial charge in [-0.25, -0.2) is 4.57 Å². The summed E-state index contributed by atoms with van der Waals surface area (Å²) in [5, 5.41) is 0. The third-order valence-corrected chi connectivity index (χ3v) is 9.12. The highest BCUT2D eigenvalue weighted by Gasteiger charge is 2.25. The summed E-state index contributed by atoms with van der Waals surface area (Å²) in [6, 6.07) is 0. The second-order valence-electron chi connectivity index (χ2n) is 13.1. The lowest BCUT2D eigenvalue weighted by atomic mass is 10.1. The molecule has 0 aliphatic heterocycles. The number of unbranched alkanes of at least 4 members (excludes halogenated alkanes) is 13. The molecule has 300 valence electrons. The predicted molar refractivity (Wildman–Crippen MR) is 219 cm³/mol. The zero-order valence-electron chi connectivity index (χ0n) is 33.0. The van der Waals surface area contributed by atoms with Gasteiger partial charge < -0.3 is 20.1 Å². The van der Waals surface area contributed by atoms with E-state index in [0.29, 0.717) is 13.0 Å². The molecule has 0 saturated carbocycles. The van der Waals surface area contributed by atoms with Crippen molar-refractivity contribution in [3.05, 3.63) is 72.9 Å². The van der Waals surface area contributed by atoms with E-state index < -0.39 is 13.9 Å². The van der Waals surface area contributed by atoms with Crippen LogP contribution in [0.4, 0.5) is 0 Å². The summed E-state index contributed by atoms with van der Waals surface area (Å²) in [5.41, 5.74) is 5.35. The average molecular weight is 750 g/mol. The number of allylic oxidation sites excluding steroid dienone is 12. The molecule has 0 fully saturated rings. The minimum Gasteiger partial charge on any atom is -0.457 e. The van der Waals surface area contributed by atoms with Gasteiger partial charge in [0.15, 0.2) is 0 Å². The first-order chi connectivity index (χ1) is 25.4. The summed E-state index contributed by atoms with van der Waals surface area (Å²) >= 11 is 0. The van der Waals surface area contributed by atoms with Crippen molar-refractivity contribution in [1.82, 2.24) is 0 Å². The van der Waals surface area contributed by atoms with Gasteiger partial charge in [0.05, 0.1) is 19.8 Å². The number of esters is 1. The Kier molecular flexibility index (Phi) is 38.5. The van der Waals surface area contributed by atoms with Crippen LogP contribution in [0.5, 0.6) is 0 Å². The maximum Gasteiger partial charge on any atom is 0.472 e. The van der Waals surface area contributed by atoms with Crippen LogP contribution in [0, 0.1) is 0 Å². The lowest BCUT2D eigenvalue weighted by Crippen LogP contribution is -2.28. The highest BCUT2D eigenvalue weighted by molar-refractivity contribution is 7.47. The first-order valence-electron chi connectivity index (χ1n) is 20.4. The SMILES string of the molecule is CC/C=C\C/C=C\C/C=C\C/C=C\C/C=C\C/C=C\CCCCCOCC(COP(=O)(O)OCCN)OC(=O)CCCCCCCCCCCCC. The minimum atomic E-state index is -4.28. The molecule has 0 aromatic carbocycles. The highest BCUT2D eigenvalue weighted by atomic mass is 31.2. The number of phosphoric acid groups is 1. The van der Waals surface area contributed by atoms with E-state index >= 15 is 0 Å². The second kappa shape index (κ2) is 40.1. The molecule has 0 aliphatic carbocycles. The molecule has 52 heavy (non-hydrogen) atoms. The summed E-state index contributed by atoms with van der Waals surface area (Å²) in [4.78, 5) is 22.4. The Morgan fingerprint density at radius 2 is 1.08 bits per heavy atom. The molecule has 0 rings (SSSR count). The molecule has 0 aromatic heterocycles. The van der Waals surface area contributed by atoms with Crippen molar-refractivity contribution in [3.63, 3.8) is 0 Å². The lowest BCUT2D eigenvalue weighted by molar-refractivity contribution is -0.154. The van der Waals surface area contributed by atoms with Gasteiger partial charge in [0.25, 0.3) is 0 Å². The van der Waals surface area contributed by atoms with Crippen molar-refractivity contribution >= 4 is 13.8 Å². The first kappa shape index (κ1) is 49.9. The Hall–Kier alpha value is -2.06. The molecule has 0 bridgehead atoms. The first-order valence-corrected chi connectivity index (χ1v) is 21.9. The zero-order chi connectivity index (χ0) is 38.1. The van der Waals surface area contributed by atoms with Crippen molar-refractivity contribution in [2.45, 2.75) is 161 Å². The lowest BCUT2D eigenvalue weighted by Gasteiger charge is -2.20. The van der Waals surface area contributed by atoms with Gasteiger partial charge >= 0.3 is 13.8 Å². The zero-order valence-corrected chi connectivity index (χ0v) is 33.9. The molecule has 0 spiro atoms. The number of hydrogen-bond donors (Lipinski definition) is 2. The van der Waals surface area contributed by atoms with Crippen LogP contribution in [0.2, 0.25) is 0 Å². The average Bonchev–Trinajstić information content (AvgIpc) is 3.13. The topological polar surface area (TPSA) is 117 Å². The van der Waals surface area contributed by atoms with Crippen molar-refractivity contribution in [2.75, 3.05) is 33.0 Å². The summed E-state index contributed by atoms with van der Waals surface area (Å²) in [6.07, 6.45) is 49.2. The standard InChI is InChI=1S/C43H76NO7P/c1-3-5-7-9-11-13-15-16-17-18-19-20-21-22-23-24-25-27-29-31-33-35-38-48-40-42(41-50-52(46,47)49-39-37-44)51-43(45)36-34-32-30-28-26-14-12-10-8-6-4-2/h5,7,11,13,16-17,19-20,22-23,25,27,42H,3-4,6,8-10,12,14-15,18,21,24,26,28-41,44H2,1-2H3,(H,46,47)/b7-5-,13-11-,17-16-,20-19-,23-22-,27-25-. The Morgan fingerprint density at radius 3 is 1.60 bits per heavy atom. The van der Waals surface area contributed by atoms with Crippen LogP contribution in [-0.4, -0.2) is 49.9 Å². The van der Waals surface area contributed by atoms with Gasteiger partial charge in [-0.15, -0.1) is 0 Å². The predicted octanol–water partition coefficient (Wildman–Crippen LogP) is 12.0. The van der Waals surface area contributed by atoms with Crippen LogP contribution in [0.1, 0.15) is 155 Å². The molecular weight excluding hydrogens is 673 g/mol. The monoisotopic (exact) mass is 750 g/mol. The van der Waals surface area contributed by atoms with E-state index in [0.717, 1.165) is 83.5 Å². The fourth-order valence-electron chi connectivity index (χ4n) is 5.17. The van der Waals surface area contributed by atoms with E-state index in [9.17, 15) is 14.3 Å². The van der Waals surface area contributed by atoms with Crippen molar-refractivity contribution in [2.24, 2.45) is 5.73 Å². The Morgan fingerprint density at radius 1 is 0.596 bits per heavy atom. The molecule has 0 amide bonds. The number of nitrogens with two attached hydrogens (primary N) is 1. The molecule has 8 nitrogen and oxygen atoms in total. The van der Waals surface area contributed by atoms with Gasteiger partial charge in [0, 0.05) is 19.6 Å². The van der Waals surface area contributed by atoms with Crippen LogP contribution in [0.3, 0.4) is 0 Å². The number of phosphoric ester groups is 1. The highest BCUT2D eigenvalue weighted by Crippen LogP contribution is 2.43. The van der Waals surface area contributed by atoms with Crippen LogP contribution in [0.25, 0.3) is 0 Å². The van der Waals surface area contributed by atoms with Gasteiger partial charge in [-0.05, 0) is 64.2 Å². The molecule has 0 heterocycles. The normalized spacial score (nSPS) is 14.3. The van der Waals surface area contributed by atoms with Crippen LogP contribution in [-0.2, 0) is 27.9 Å². The molecule has 3 N–H and O–H groups in total. The van der Waals surface area contributed by atoms with Gasteiger partial charge in [-0.1, -0.05) is 157 Å². The van der Waals surface area contributed by atoms with Gasteiger partial charge in [-0.2, -0.15) is 0 Å². The third-order valence-electron chi connectivity index (χ3n) is 8.14. The van der Waals surface area contributed by atoms with Gasteiger partial charge in [0.1, 0.15) is 6.10 Å². The third kappa shape index (κ3) is 39.2. The molecule has 2 atom stereocenters. The Bertz CT molecular complexity index is 1020. The summed E-state index contributed by atoms with van der Waals surface area (Å²) in [7, 11) is -4.28. The number of carbonyl (C=O) groups excluding carboxylic acids is 1. The van der Waals surface area contributed by atoms with Crippen LogP contribution < -0.4 is 5.73 Å². The number of hydrogen-bond acceptors (Lipinski definition) is 7. The molecule has 0 radical (unpaired) electrons. The van der Waals surface area contributed by atoms with Crippen molar-refractivity contribution < 1.29 is 32.8 Å². The summed E-state index contributed by atoms with van der Waals surface area (Å²) < 4.78 is 33.3. The van der Waals surface area contributed by atoms with Crippen LogP contribution >= 0.6 is 7.82 Å². The fourth-order valence-corrected chi connectivity index (χ4v) is 5.94. The fraction of sp³-hybridized carbons (Fsp3) is 0.698. The van der Waals surface area contributed by atoms with Gasteiger partial charge in [-0.3, -0.25) is 13.8 Å². The molecular formula is C43H76NO7P. The van der Waals surface area contributed by atoms with Crippen LogP contribution in [0.15, 0.2) is 72.9 Å². The Labute approximate surface area is 318 Å². The minimum absolute atomic E-state index is 0.0913. The van der Waals surface area contributed by atoms with Gasteiger partial charge in [0.2, 0.25) is 0 Å². The van der Waals surface area contributed by atoms with E-state index in [1.165, 1.54) is 51.4 Å². The van der Waals surface area contributed by atoms with E-state index in [1.807, 2.05) is 0 Å². The number of rotatable bonds is 38. The maximum absolute atomic E-state index is 12.5. The number of ether oxygens (including phenoxy) is 2. The molecule has 2 unspecified atom stereocenters. The summed E-state index contributed by atoms with van der Waals surface area (Å²) in [6.45, 7) is 4.69. The van der Waals surface area contributed by atoms with E-state index in [2.05, 4.69) is 86.8 Å².